The second-order valence-corrected chi connectivity index (χ2v) is 3.04. The van der Waals surface area contributed by atoms with Crippen LogP contribution in [-0.4, -0.2) is 17.3 Å². The van der Waals surface area contributed by atoms with E-state index in [-0.39, 0.29) is 11.1 Å². The van der Waals surface area contributed by atoms with Crippen molar-refractivity contribution in [3.05, 3.63) is 35.1 Å². The van der Waals surface area contributed by atoms with E-state index in [1.54, 1.807) is 0 Å². The van der Waals surface area contributed by atoms with E-state index < -0.39 is 29.6 Å². The molecule has 1 aromatic rings. The molecule has 1 aromatic carbocycles. The maximum atomic E-state index is 12.7. The Labute approximate surface area is 78.5 Å². The summed E-state index contributed by atoms with van der Waals surface area (Å²) >= 11 is 0. The van der Waals surface area contributed by atoms with E-state index in [9.17, 15) is 18.8 Å². The summed E-state index contributed by atoms with van der Waals surface area (Å²) in [5.41, 5.74) is 0.0160. The number of ketones is 3. The second kappa shape index (κ2) is 2.83. The second-order valence-electron chi connectivity index (χ2n) is 3.04. The van der Waals surface area contributed by atoms with Crippen molar-refractivity contribution in [1.82, 2.24) is 0 Å². The number of carbonyl (C=O) groups is 3. The highest BCUT2D eigenvalue weighted by molar-refractivity contribution is 6.50. The number of hydrogen-bond acceptors (Lipinski definition) is 3. The molecule has 0 amide bonds. The summed E-state index contributed by atoms with van der Waals surface area (Å²) < 4.78 is 12.7. The molecular weight excluding hydrogens is 187 g/mol. The van der Waals surface area contributed by atoms with Crippen molar-refractivity contribution < 1.29 is 18.8 Å². The minimum Gasteiger partial charge on any atom is -0.294 e. The van der Waals surface area contributed by atoms with Gasteiger partial charge in [-0.05, 0) is 18.2 Å². The number of Topliss-reactive ketones (excluding diaryl/α,β-unsaturated/α-hetero) is 3. The first kappa shape index (κ1) is 8.74. The maximum Gasteiger partial charge on any atom is 0.229 e. The van der Waals surface area contributed by atoms with Gasteiger partial charge in [-0.15, -0.1) is 0 Å². The van der Waals surface area contributed by atoms with Crippen LogP contribution in [0.4, 0.5) is 4.39 Å². The Morgan fingerprint density at radius 2 is 1.71 bits per heavy atom. The lowest BCUT2D eigenvalue weighted by molar-refractivity contribution is -0.114. The van der Waals surface area contributed by atoms with Crippen LogP contribution in [0.5, 0.6) is 0 Å². The van der Waals surface area contributed by atoms with Gasteiger partial charge >= 0.3 is 0 Å². The molecule has 0 spiro atoms. The van der Waals surface area contributed by atoms with Gasteiger partial charge in [-0.1, -0.05) is 0 Å². The van der Waals surface area contributed by atoms with E-state index in [1.165, 1.54) is 6.07 Å². The van der Waals surface area contributed by atoms with Crippen molar-refractivity contribution >= 4 is 17.3 Å². The Bertz CT molecular complexity index is 462. The van der Waals surface area contributed by atoms with Crippen LogP contribution in [0.1, 0.15) is 27.1 Å². The summed E-state index contributed by atoms with van der Waals surface area (Å²) in [4.78, 5) is 33.5. The van der Waals surface area contributed by atoms with Crippen molar-refractivity contribution in [3.8, 4) is 0 Å². The lowest BCUT2D eigenvalue weighted by atomic mass is 9.89. The molecule has 0 N–H and O–H groups in total. The molecule has 1 aliphatic rings. The summed E-state index contributed by atoms with van der Waals surface area (Å²) in [5.74, 6) is -2.60. The molecule has 3 nitrogen and oxygen atoms in total. The van der Waals surface area contributed by atoms with Crippen LogP contribution in [0.2, 0.25) is 0 Å². The number of rotatable bonds is 0. The van der Waals surface area contributed by atoms with Crippen LogP contribution in [-0.2, 0) is 4.79 Å². The van der Waals surface area contributed by atoms with Gasteiger partial charge < -0.3 is 0 Å². The van der Waals surface area contributed by atoms with Gasteiger partial charge in [0.05, 0.1) is 6.42 Å². The third kappa shape index (κ3) is 1.16. The average molecular weight is 192 g/mol. The van der Waals surface area contributed by atoms with Crippen LogP contribution in [0.25, 0.3) is 0 Å². The quantitative estimate of drug-likeness (QED) is 0.458. The number of hydrogen-bond donors (Lipinski definition) is 0. The predicted molar refractivity (Wildman–Crippen MR) is 44.7 cm³/mol. The number of fused-ring (bicyclic) bond motifs is 1. The van der Waals surface area contributed by atoms with E-state index in [0.717, 1.165) is 12.1 Å². The fourth-order valence-electron chi connectivity index (χ4n) is 1.42. The Morgan fingerprint density at radius 1 is 1.00 bits per heavy atom. The first-order valence-electron chi connectivity index (χ1n) is 4.00. The van der Waals surface area contributed by atoms with E-state index in [2.05, 4.69) is 0 Å². The van der Waals surface area contributed by atoms with Gasteiger partial charge in [0.25, 0.3) is 0 Å². The Balaban J connectivity index is 2.68. The highest BCUT2D eigenvalue weighted by Gasteiger charge is 2.30. The van der Waals surface area contributed by atoms with Crippen LogP contribution in [0.15, 0.2) is 18.2 Å². The zero-order valence-electron chi connectivity index (χ0n) is 7.04. The van der Waals surface area contributed by atoms with Crippen LogP contribution in [0, 0.1) is 5.82 Å². The van der Waals surface area contributed by atoms with Gasteiger partial charge in [0.2, 0.25) is 11.6 Å². The molecule has 0 fully saturated rings. The highest BCUT2D eigenvalue weighted by atomic mass is 19.1. The summed E-state index contributed by atoms with van der Waals surface area (Å²) in [6, 6.07) is 3.25. The lowest BCUT2D eigenvalue weighted by Gasteiger charge is -2.11. The first-order valence-corrected chi connectivity index (χ1v) is 4.00. The Hall–Kier alpha value is -1.84. The molecule has 0 atom stereocenters. The van der Waals surface area contributed by atoms with Gasteiger partial charge in [-0.25, -0.2) is 4.39 Å². The van der Waals surface area contributed by atoms with Gasteiger partial charge in [0.1, 0.15) is 5.82 Å². The molecule has 0 unspecified atom stereocenters. The van der Waals surface area contributed by atoms with E-state index >= 15 is 0 Å². The summed E-state index contributed by atoms with van der Waals surface area (Å²) in [6.45, 7) is 0. The molecule has 2 rings (SSSR count). The van der Waals surface area contributed by atoms with Gasteiger partial charge in [-0.2, -0.15) is 0 Å². The Morgan fingerprint density at radius 3 is 2.43 bits per heavy atom. The van der Waals surface area contributed by atoms with Crippen molar-refractivity contribution in [2.75, 3.05) is 0 Å². The van der Waals surface area contributed by atoms with Crippen LogP contribution >= 0.6 is 0 Å². The molecule has 0 aromatic heterocycles. The van der Waals surface area contributed by atoms with E-state index in [1.807, 2.05) is 0 Å². The molecule has 1 aliphatic carbocycles. The molecule has 4 heteroatoms. The predicted octanol–water partition coefficient (Wildman–Crippen LogP) is 1.16. The monoisotopic (exact) mass is 192 g/mol. The zero-order valence-corrected chi connectivity index (χ0v) is 7.04. The minimum absolute atomic E-state index is 0.119. The zero-order chi connectivity index (χ0) is 10.3. The van der Waals surface area contributed by atoms with Gasteiger partial charge in [0, 0.05) is 11.1 Å². The topological polar surface area (TPSA) is 51.2 Å². The number of carbonyl (C=O) groups excluding carboxylic acids is 3. The average Bonchev–Trinajstić information content (AvgIpc) is 2.14. The summed E-state index contributed by atoms with van der Waals surface area (Å²) in [6.07, 6.45) is -0.405. The molecule has 0 heterocycles. The van der Waals surface area contributed by atoms with Crippen molar-refractivity contribution in [2.45, 2.75) is 6.42 Å². The fraction of sp³-hybridized carbons (Fsp3) is 0.100. The molecule has 70 valence electrons. The molecule has 0 bridgehead atoms. The molecule has 14 heavy (non-hydrogen) atoms. The standard InChI is InChI=1S/C10H5FO3/c11-5-1-2-6-7(3-5)10(14)9(13)4-8(6)12/h1-3H,4H2. The number of halogens is 1. The van der Waals surface area contributed by atoms with Gasteiger partial charge in [-0.3, -0.25) is 14.4 Å². The fourth-order valence-corrected chi connectivity index (χ4v) is 1.42. The highest BCUT2D eigenvalue weighted by Crippen LogP contribution is 2.19. The largest absolute Gasteiger partial charge is 0.294 e. The molecule has 0 radical (unpaired) electrons. The van der Waals surface area contributed by atoms with E-state index in [4.69, 9.17) is 0 Å². The van der Waals surface area contributed by atoms with E-state index in [0.29, 0.717) is 0 Å². The third-order valence-corrected chi connectivity index (χ3v) is 2.10. The van der Waals surface area contributed by atoms with Crippen LogP contribution in [0.3, 0.4) is 0 Å². The van der Waals surface area contributed by atoms with Gasteiger partial charge in [0.15, 0.2) is 5.78 Å². The Kier molecular flexibility index (Phi) is 1.77. The van der Waals surface area contributed by atoms with Crippen molar-refractivity contribution in [1.29, 1.82) is 0 Å². The molecular formula is C10H5FO3. The molecule has 0 aliphatic heterocycles. The normalized spacial score (nSPS) is 15.6. The minimum atomic E-state index is -0.779. The molecule has 0 saturated heterocycles. The summed E-state index contributed by atoms with van der Waals surface area (Å²) in [5, 5.41) is 0. The molecule has 0 saturated carbocycles. The summed E-state index contributed by atoms with van der Waals surface area (Å²) in [7, 11) is 0. The first-order chi connectivity index (χ1) is 6.59. The lowest BCUT2D eigenvalue weighted by Crippen LogP contribution is -2.26. The van der Waals surface area contributed by atoms with Crippen molar-refractivity contribution in [3.63, 3.8) is 0 Å². The maximum absolute atomic E-state index is 12.7. The number of benzene rings is 1. The SMILES string of the molecule is O=C1CC(=O)c2ccc(F)cc2C1=O. The smallest absolute Gasteiger partial charge is 0.229 e. The van der Waals surface area contributed by atoms with Crippen LogP contribution < -0.4 is 0 Å². The third-order valence-electron chi connectivity index (χ3n) is 2.10. The van der Waals surface area contributed by atoms with Crippen molar-refractivity contribution in [2.24, 2.45) is 0 Å².